The van der Waals surface area contributed by atoms with Crippen molar-refractivity contribution in [3.63, 3.8) is 0 Å². The summed E-state index contributed by atoms with van der Waals surface area (Å²) >= 11 is 0. The van der Waals surface area contributed by atoms with Gasteiger partial charge in [-0.1, -0.05) is 32.9 Å². The van der Waals surface area contributed by atoms with Gasteiger partial charge in [-0.3, -0.25) is 4.79 Å². The average molecular weight is 259 g/mol. The maximum absolute atomic E-state index is 12.0. The highest BCUT2D eigenvalue weighted by Gasteiger charge is 2.14. The second kappa shape index (κ2) is 5.03. The molecule has 0 fully saturated rings. The van der Waals surface area contributed by atoms with Crippen molar-refractivity contribution in [2.75, 3.05) is 6.54 Å². The minimum absolute atomic E-state index is 0.0289. The molecular formula is C15H21N3O. The van der Waals surface area contributed by atoms with E-state index in [1.54, 1.807) is 0 Å². The molecular weight excluding hydrogens is 238 g/mol. The van der Waals surface area contributed by atoms with Crippen LogP contribution in [0.5, 0.6) is 0 Å². The molecule has 4 heteroatoms. The summed E-state index contributed by atoms with van der Waals surface area (Å²) in [6, 6.07) is 7.88. The van der Waals surface area contributed by atoms with Gasteiger partial charge in [0, 0.05) is 6.54 Å². The van der Waals surface area contributed by atoms with Crippen LogP contribution in [-0.4, -0.2) is 22.0 Å². The maximum atomic E-state index is 12.0. The Labute approximate surface area is 113 Å². The van der Waals surface area contributed by atoms with Gasteiger partial charge < -0.3 is 9.88 Å². The fraction of sp³-hybridized carbons (Fsp3) is 0.467. The van der Waals surface area contributed by atoms with E-state index in [4.69, 9.17) is 0 Å². The highest BCUT2D eigenvalue weighted by atomic mass is 16.1. The molecule has 0 aliphatic heterocycles. The number of carbonyl (C=O) groups excluding carboxylic acids is 1. The van der Waals surface area contributed by atoms with Crippen LogP contribution in [0.3, 0.4) is 0 Å². The van der Waals surface area contributed by atoms with Crippen LogP contribution in [0.1, 0.15) is 26.6 Å². The van der Waals surface area contributed by atoms with Gasteiger partial charge in [0.15, 0.2) is 0 Å². The van der Waals surface area contributed by atoms with Crippen LogP contribution in [0.4, 0.5) is 0 Å². The molecule has 0 spiro atoms. The number of para-hydroxylation sites is 2. The third kappa shape index (κ3) is 3.34. The zero-order chi connectivity index (χ0) is 14.0. The number of hydrogen-bond donors (Lipinski definition) is 1. The Morgan fingerprint density at radius 1 is 1.32 bits per heavy atom. The molecule has 0 unspecified atom stereocenters. The standard InChI is InChI=1S/C15H21N3O/c1-11-17-12-7-5-6-8-13(12)18(11)9-14(19)16-10-15(2,3)4/h5-8H,9-10H2,1-4H3,(H,16,19). The molecule has 0 bridgehead atoms. The molecule has 19 heavy (non-hydrogen) atoms. The van der Waals surface area contributed by atoms with Crippen molar-refractivity contribution >= 4 is 16.9 Å². The molecule has 2 rings (SSSR count). The van der Waals surface area contributed by atoms with Crippen molar-refractivity contribution in [3.8, 4) is 0 Å². The number of fused-ring (bicyclic) bond motifs is 1. The quantitative estimate of drug-likeness (QED) is 0.920. The van der Waals surface area contributed by atoms with Crippen molar-refractivity contribution in [1.82, 2.24) is 14.9 Å². The Balaban J connectivity index is 2.13. The van der Waals surface area contributed by atoms with Gasteiger partial charge in [0.2, 0.25) is 5.91 Å². The number of rotatable bonds is 3. The van der Waals surface area contributed by atoms with Crippen LogP contribution in [-0.2, 0) is 11.3 Å². The fourth-order valence-electron chi connectivity index (χ4n) is 1.96. The van der Waals surface area contributed by atoms with E-state index in [0.29, 0.717) is 13.1 Å². The molecule has 1 aromatic heterocycles. The lowest BCUT2D eigenvalue weighted by molar-refractivity contribution is -0.122. The first-order valence-corrected chi connectivity index (χ1v) is 6.55. The Bertz CT molecular complexity index is 593. The number of hydrogen-bond acceptors (Lipinski definition) is 2. The van der Waals surface area contributed by atoms with E-state index >= 15 is 0 Å². The predicted octanol–water partition coefficient (Wildman–Crippen LogP) is 2.51. The summed E-state index contributed by atoms with van der Waals surface area (Å²) in [6.45, 7) is 9.23. The van der Waals surface area contributed by atoms with Gasteiger partial charge in [0.05, 0.1) is 11.0 Å². The number of amides is 1. The molecule has 0 aliphatic carbocycles. The lowest BCUT2D eigenvalue weighted by Gasteiger charge is -2.19. The second-order valence-corrected chi connectivity index (χ2v) is 6.07. The van der Waals surface area contributed by atoms with Crippen molar-refractivity contribution in [3.05, 3.63) is 30.1 Å². The Morgan fingerprint density at radius 3 is 2.68 bits per heavy atom. The van der Waals surface area contributed by atoms with Crippen LogP contribution >= 0.6 is 0 Å². The lowest BCUT2D eigenvalue weighted by Crippen LogP contribution is -2.34. The van der Waals surface area contributed by atoms with Gasteiger partial charge in [-0.2, -0.15) is 0 Å². The van der Waals surface area contributed by atoms with Crippen LogP contribution < -0.4 is 5.32 Å². The highest BCUT2D eigenvalue weighted by molar-refractivity contribution is 5.81. The monoisotopic (exact) mass is 259 g/mol. The molecule has 0 aliphatic rings. The van der Waals surface area contributed by atoms with Crippen LogP contribution in [0.25, 0.3) is 11.0 Å². The molecule has 1 heterocycles. The van der Waals surface area contributed by atoms with Crippen molar-refractivity contribution in [2.24, 2.45) is 5.41 Å². The highest BCUT2D eigenvalue weighted by Crippen LogP contribution is 2.15. The SMILES string of the molecule is Cc1nc2ccccc2n1CC(=O)NCC(C)(C)C. The lowest BCUT2D eigenvalue weighted by atomic mass is 9.97. The number of carbonyl (C=O) groups is 1. The third-order valence-corrected chi connectivity index (χ3v) is 2.96. The Kier molecular flexibility index (Phi) is 3.60. The fourth-order valence-corrected chi connectivity index (χ4v) is 1.96. The summed E-state index contributed by atoms with van der Waals surface area (Å²) in [5.74, 6) is 0.897. The van der Waals surface area contributed by atoms with Gasteiger partial charge in [-0.25, -0.2) is 4.98 Å². The molecule has 0 saturated heterocycles. The molecule has 102 valence electrons. The summed E-state index contributed by atoms with van der Waals surface area (Å²) in [5, 5.41) is 2.97. The molecule has 0 atom stereocenters. The number of aryl methyl sites for hydroxylation is 1. The van der Waals surface area contributed by atoms with Crippen LogP contribution in [0.2, 0.25) is 0 Å². The zero-order valence-corrected chi connectivity index (χ0v) is 12.0. The number of imidazole rings is 1. The molecule has 0 radical (unpaired) electrons. The van der Waals surface area contributed by atoms with Gasteiger partial charge >= 0.3 is 0 Å². The van der Waals surface area contributed by atoms with E-state index in [1.807, 2.05) is 35.8 Å². The van der Waals surface area contributed by atoms with Gasteiger partial charge in [-0.15, -0.1) is 0 Å². The number of nitrogens with one attached hydrogen (secondary N) is 1. The second-order valence-electron chi connectivity index (χ2n) is 6.07. The minimum atomic E-state index is 0.0289. The first-order valence-electron chi connectivity index (χ1n) is 6.55. The molecule has 1 amide bonds. The van der Waals surface area contributed by atoms with Crippen LogP contribution in [0, 0.1) is 12.3 Å². The molecule has 1 N–H and O–H groups in total. The zero-order valence-electron chi connectivity index (χ0n) is 12.0. The third-order valence-electron chi connectivity index (χ3n) is 2.96. The van der Waals surface area contributed by atoms with Crippen molar-refractivity contribution in [1.29, 1.82) is 0 Å². The van der Waals surface area contributed by atoms with Crippen molar-refractivity contribution in [2.45, 2.75) is 34.2 Å². The summed E-state index contributed by atoms with van der Waals surface area (Å²) < 4.78 is 1.95. The first kappa shape index (κ1) is 13.6. The minimum Gasteiger partial charge on any atom is -0.354 e. The smallest absolute Gasteiger partial charge is 0.240 e. The maximum Gasteiger partial charge on any atom is 0.240 e. The van der Waals surface area contributed by atoms with Gasteiger partial charge in [-0.05, 0) is 24.5 Å². The van der Waals surface area contributed by atoms with E-state index in [2.05, 4.69) is 31.1 Å². The topological polar surface area (TPSA) is 46.9 Å². The summed E-state index contributed by atoms with van der Waals surface area (Å²) in [6.07, 6.45) is 0. The average Bonchev–Trinajstić information content (AvgIpc) is 2.63. The largest absolute Gasteiger partial charge is 0.354 e. The van der Waals surface area contributed by atoms with E-state index in [0.717, 1.165) is 16.9 Å². The number of aromatic nitrogens is 2. The van der Waals surface area contributed by atoms with Crippen molar-refractivity contribution < 1.29 is 4.79 Å². The van der Waals surface area contributed by atoms with Gasteiger partial charge in [0.1, 0.15) is 12.4 Å². The van der Waals surface area contributed by atoms with E-state index < -0.39 is 0 Å². The summed E-state index contributed by atoms with van der Waals surface area (Å²) in [5.41, 5.74) is 2.04. The van der Waals surface area contributed by atoms with E-state index in [-0.39, 0.29) is 11.3 Å². The normalized spacial score (nSPS) is 11.8. The van der Waals surface area contributed by atoms with E-state index in [9.17, 15) is 4.79 Å². The van der Waals surface area contributed by atoms with Gasteiger partial charge in [0.25, 0.3) is 0 Å². The van der Waals surface area contributed by atoms with E-state index in [1.165, 1.54) is 0 Å². The molecule has 1 aromatic carbocycles. The molecule has 4 nitrogen and oxygen atoms in total. The summed E-state index contributed by atoms with van der Waals surface area (Å²) in [7, 11) is 0. The Hall–Kier alpha value is -1.84. The predicted molar refractivity (Wildman–Crippen MR) is 76.9 cm³/mol. The van der Waals surface area contributed by atoms with Crippen LogP contribution in [0.15, 0.2) is 24.3 Å². The number of nitrogens with zero attached hydrogens (tertiary/aromatic N) is 2. The molecule has 0 saturated carbocycles. The summed E-state index contributed by atoms with van der Waals surface area (Å²) in [4.78, 5) is 16.5. The first-order chi connectivity index (χ1) is 8.87. The molecule has 2 aromatic rings. The Morgan fingerprint density at radius 2 is 2.00 bits per heavy atom. The number of benzene rings is 1.